The van der Waals surface area contributed by atoms with Crippen LogP contribution < -0.4 is 4.74 Å². The fourth-order valence-electron chi connectivity index (χ4n) is 2.50. The predicted octanol–water partition coefficient (Wildman–Crippen LogP) is 2.14. The Balaban J connectivity index is 2.39. The van der Waals surface area contributed by atoms with Gasteiger partial charge in [0, 0.05) is 13.0 Å². The van der Waals surface area contributed by atoms with Gasteiger partial charge in [0.05, 0.1) is 7.11 Å². The molecular weight excluding hydrogens is 258 g/mol. The normalized spacial score (nSPS) is 15.6. The van der Waals surface area contributed by atoms with E-state index in [1.807, 2.05) is 6.92 Å². The van der Waals surface area contributed by atoms with Crippen molar-refractivity contribution in [1.29, 1.82) is 0 Å². The summed E-state index contributed by atoms with van der Waals surface area (Å²) >= 11 is 0. The van der Waals surface area contributed by atoms with E-state index in [4.69, 9.17) is 4.74 Å². The highest BCUT2D eigenvalue weighted by molar-refractivity contribution is 5.84. The Kier molecular flexibility index (Phi) is 3.97. The van der Waals surface area contributed by atoms with Crippen LogP contribution in [0.15, 0.2) is 18.2 Å². The van der Waals surface area contributed by atoms with E-state index in [1.165, 1.54) is 11.8 Å². The molecule has 1 aromatic rings. The van der Waals surface area contributed by atoms with Crippen molar-refractivity contribution in [3.63, 3.8) is 0 Å². The van der Waals surface area contributed by atoms with E-state index in [0.29, 0.717) is 11.3 Å². The maximum Gasteiger partial charge on any atom is 0.331 e. The Morgan fingerprint density at radius 1 is 1.40 bits per heavy atom. The molecule has 1 atom stereocenters. The van der Waals surface area contributed by atoms with Gasteiger partial charge in [-0.1, -0.05) is 6.07 Å². The van der Waals surface area contributed by atoms with Crippen molar-refractivity contribution in [2.45, 2.75) is 38.8 Å². The van der Waals surface area contributed by atoms with Crippen LogP contribution in [-0.2, 0) is 9.59 Å². The number of aliphatic carboxylic acids is 1. The van der Waals surface area contributed by atoms with E-state index < -0.39 is 12.0 Å². The maximum absolute atomic E-state index is 11.8. The molecule has 20 heavy (non-hydrogen) atoms. The summed E-state index contributed by atoms with van der Waals surface area (Å²) in [6, 6.07) is 4.35. The molecule has 1 fully saturated rings. The first-order chi connectivity index (χ1) is 9.45. The molecule has 2 rings (SSSR count). The molecule has 5 nitrogen and oxygen atoms in total. The first-order valence-electron chi connectivity index (χ1n) is 6.62. The van der Waals surface area contributed by atoms with Crippen molar-refractivity contribution in [3.05, 3.63) is 29.3 Å². The van der Waals surface area contributed by atoms with E-state index >= 15 is 0 Å². The second-order valence-electron chi connectivity index (χ2n) is 5.13. The first-order valence-corrected chi connectivity index (χ1v) is 6.62. The van der Waals surface area contributed by atoms with Crippen LogP contribution in [-0.4, -0.2) is 35.0 Å². The number of carboxylic acid groups (broad SMARTS) is 1. The number of rotatable bonds is 5. The SMILES string of the molecule is COc1ccc(C(C(=O)O)N(C(C)=O)C2CC2)cc1C. The molecule has 1 N–H and O–H groups in total. The molecule has 0 aromatic heterocycles. The third-order valence-corrected chi connectivity index (χ3v) is 3.55. The summed E-state index contributed by atoms with van der Waals surface area (Å²) < 4.78 is 5.18. The minimum atomic E-state index is -1.00. The lowest BCUT2D eigenvalue weighted by Gasteiger charge is -2.28. The highest BCUT2D eigenvalue weighted by Gasteiger charge is 2.40. The van der Waals surface area contributed by atoms with Crippen molar-refractivity contribution < 1.29 is 19.4 Å². The molecule has 1 saturated carbocycles. The molecule has 1 aliphatic rings. The fourth-order valence-corrected chi connectivity index (χ4v) is 2.50. The van der Waals surface area contributed by atoms with Gasteiger partial charge in [0.25, 0.3) is 0 Å². The van der Waals surface area contributed by atoms with Crippen LogP contribution in [0.3, 0.4) is 0 Å². The Morgan fingerprint density at radius 2 is 2.05 bits per heavy atom. The fraction of sp³-hybridized carbons (Fsp3) is 0.467. The molecule has 0 aliphatic heterocycles. The van der Waals surface area contributed by atoms with Crippen LogP contribution in [0.25, 0.3) is 0 Å². The Bertz CT molecular complexity index is 537. The number of carbonyl (C=O) groups excluding carboxylic acids is 1. The topological polar surface area (TPSA) is 66.8 Å². The lowest BCUT2D eigenvalue weighted by molar-refractivity contribution is -0.150. The van der Waals surface area contributed by atoms with Crippen LogP contribution in [0, 0.1) is 6.92 Å². The van der Waals surface area contributed by atoms with Gasteiger partial charge in [0.2, 0.25) is 5.91 Å². The van der Waals surface area contributed by atoms with Gasteiger partial charge >= 0.3 is 5.97 Å². The van der Waals surface area contributed by atoms with E-state index in [0.717, 1.165) is 18.4 Å². The summed E-state index contributed by atoms with van der Waals surface area (Å²) in [6.45, 7) is 3.28. The summed E-state index contributed by atoms with van der Waals surface area (Å²) in [5, 5.41) is 9.51. The van der Waals surface area contributed by atoms with Crippen LogP contribution >= 0.6 is 0 Å². The molecule has 108 valence electrons. The molecule has 0 radical (unpaired) electrons. The third kappa shape index (κ3) is 2.76. The van der Waals surface area contributed by atoms with Crippen LogP contribution in [0.2, 0.25) is 0 Å². The lowest BCUT2D eigenvalue weighted by atomic mass is 10.0. The maximum atomic E-state index is 11.8. The predicted molar refractivity (Wildman–Crippen MR) is 73.6 cm³/mol. The van der Waals surface area contributed by atoms with Gasteiger partial charge in [-0.15, -0.1) is 0 Å². The Labute approximate surface area is 118 Å². The van der Waals surface area contributed by atoms with Gasteiger partial charge in [-0.05, 0) is 43.0 Å². The van der Waals surface area contributed by atoms with Crippen molar-refractivity contribution in [2.75, 3.05) is 7.11 Å². The van der Waals surface area contributed by atoms with E-state index in [-0.39, 0.29) is 11.9 Å². The van der Waals surface area contributed by atoms with E-state index in [1.54, 1.807) is 25.3 Å². The zero-order valence-corrected chi connectivity index (χ0v) is 11.9. The quantitative estimate of drug-likeness (QED) is 0.895. The van der Waals surface area contributed by atoms with Gasteiger partial charge < -0.3 is 14.7 Å². The lowest BCUT2D eigenvalue weighted by Crippen LogP contribution is -2.39. The number of benzene rings is 1. The zero-order chi connectivity index (χ0) is 14.9. The highest BCUT2D eigenvalue weighted by Crippen LogP contribution is 2.35. The molecule has 1 amide bonds. The highest BCUT2D eigenvalue weighted by atomic mass is 16.5. The van der Waals surface area contributed by atoms with Crippen molar-refractivity contribution >= 4 is 11.9 Å². The minimum Gasteiger partial charge on any atom is -0.496 e. The summed E-state index contributed by atoms with van der Waals surface area (Å²) in [5.41, 5.74) is 1.47. The monoisotopic (exact) mass is 277 g/mol. The molecule has 5 heteroatoms. The molecular formula is C15H19NO4. The summed E-state index contributed by atoms with van der Waals surface area (Å²) in [5.74, 6) is -0.497. The Hall–Kier alpha value is -2.04. The number of hydrogen-bond acceptors (Lipinski definition) is 3. The number of nitrogens with zero attached hydrogens (tertiary/aromatic N) is 1. The van der Waals surface area contributed by atoms with Crippen LogP contribution in [0.4, 0.5) is 0 Å². The molecule has 0 heterocycles. The average Bonchev–Trinajstić information content (AvgIpc) is 3.18. The molecule has 1 aliphatic carbocycles. The van der Waals surface area contributed by atoms with Gasteiger partial charge in [0.1, 0.15) is 5.75 Å². The standard InChI is InChI=1S/C15H19NO4/c1-9-8-11(4-7-13(9)20-3)14(15(18)19)16(10(2)17)12-5-6-12/h4,7-8,12,14H,5-6H2,1-3H3,(H,18,19). The van der Waals surface area contributed by atoms with Crippen molar-refractivity contribution in [1.82, 2.24) is 4.90 Å². The van der Waals surface area contributed by atoms with Gasteiger partial charge in [-0.25, -0.2) is 4.79 Å². The second-order valence-corrected chi connectivity index (χ2v) is 5.13. The molecule has 1 unspecified atom stereocenters. The first kappa shape index (κ1) is 14.4. The molecule has 0 bridgehead atoms. The summed E-state index contributed by atoms with van der Waals surface area (Å²) in [4.78, 5) is 24.9. The number of aryl methyl sites for hydroxylation is 1. The molecule has 0 spiro atoms. The number of amides is 1. The second kappa shape index (κ2) is 5.53. The summed E-state index contributed by atoms with van der Waals surface area (Å²) in [7, 11) is 1.57. The number of methoxy groups -OCH3 is 1. The van der Waals surface area contributed by atoms with Gasteiger partial charge in [0.15, 0.2) is 6.04 Å². The smallest absolute Gasteiger partial charge is 0.331 e. The summed E-state index contributed by atoms with van der Waals surface area (Å²) in [6.07, 6.45) is 1.75. The van der Waals surface area contributed by atoms with Crippen molar-refractivity contribution in [3.8, 4) is 5.75 Å². The number of ether oxygens (including phenoxy) is 1. The van der Waals surface area contributed by atoms with Crippen LogP contribution in [0.5, 0.6) is 5.75 Å². The largest absolute Gasteiger partial charge is 0.496 e. The molecule has 0 saturated heterocycles. The Morgan fingerprint density at radius 3 is 2.45 bits per heavy atom. The zero-order valence-electron chi connectivity index (χ0n) is 11.9. The minimum absolute atomic E-state index is 0.0519. The number of carbonyl (C=O) groups is 2. The number of hydrogen-bond donors (Lipinski definition) is 1. The van der Waals surface area contributed by atoms with Gasteiger partial charge in [-0.3, -0.25) is 4.79 Å². The van der Waals surface area contributed by atoms with Crippen LogP contribution in [0.1, 0.15) is 36.9 Å². The number of carboxylic acids is 1. The third-order valence-electron chi connectivity index (χ3n) is 3.55. The average molecular weight is 277 g/mol. The van der Waals surface area contributed by atoms with Gasteiger partial charge in [-0.2, -0.15) is 0 Å². The molecule has 1 aromatic carbocycles. The van der Waals surface area contributed by atoms with E-state index in [2.05, 4.69) is 0 Å². The van der Waals surface area contributed by atoms with E-state index in [9.17, 15) is 14.7 Å². The van der Waals surface area contributed by atoms with Crippen molar-refractivity contribution in [2.24, 2.45) is 0 Å².